The van der Waals surface area contributed by atoms with Crippen LogP contribution in [0.5, 0.6) is 0 Å². The van der Waals surface area contributed by atoms with E-state index in [-0.39, 0.29) is 24.0 Å². The second kappa shape index (κ2) is 9.79. The van der Waals surface area contributed by atoms with Crippen molar-refractivity contribution in [3.8, 4) is 0 Å². The standard InChI is InChI=1S/C17H28N6O.HI/c1-7-18-17(19-9-15-8-13(4)24-21-15)22(5)10-14-11-23(6)20-16(14)12(2)3;/h8,11-12H,7,9-10H2,1-6H3,(H,18,19);1H. The van der Waals surface area contributed by atoms with Gasteiger partial charge in [-0.3, -0.25) is 4.68 Å². The van der Waals surface area contributed by atoms with Gasteiger partial charge in [0, 0.05) is 45.0 Å². The molecular weight excluding hydrogens is 431 g/mol. The lowest BCUT2D eigenvalue weighted by atomic mass is 10.1. The minimum atomic E-state index is 0. The summed E-state index contributed by atoms with van der Waals surface area (Å²) in [6.07, 6.45) is 2.08. The molecule has 2 heterocycles. The highest BCUT2D eigenvalue weighted by molar-refractivity contribution is 14.0. The van der Waals surface area contributed by atoms with Crippen molar-refractivity contribution in [2.24, 2.45) is 12.0 Å². The van der Waals surface area contributed by atoms with Gasteiger partial charge in [0.2, 0.25) is 0 Å². The topological polar surface area (TPSA) is 71.5 Å². The SMILES string of the molecule is CCNC(=NCc1cc(C)on1)N(C)Cc1cn(C)nc1C(C)C.I. The number of guanidine groups is 1. The predicted octanol–water partition coefficient (Wildman–Crippen LogP) is 3.06. The molecular formula is C17H29IN6O. The number of aryl methyl sites for hydroxylation is 2. The van der Waals surface area contributed by atoms with Gasteiger partial charge in [-0.25, -0.2) is 4.99 Å². The first-order valence-corrected chi connectivity index (χ1v) is 8.34. The van der Waals surface area contributed by atoms with Crippen molar-refractivity contribution >= 4 is 29.9 Å². The van der Waals surface area contributed by atoms with E-state index in [1.807, 2.05) is 31.8 Å². The van der Waals surface area contributed by atoms with Gasteiger partial charge in [0.15, 0.2) is 5.96 Å². The third kappa shape index (κ3) is 6.02. The maximum atomic E-state index is 5.09. The van der Waals surface area contributed by atoms with E-state index in [2.05, 4.69) is 52.4 Å². The second-order valence-electron chi connectivity index (χ2n) is 6.32. The molecule has 0 saturated heterocycles. The molecule has 0 aromatic carbocycles. The third-order valence-corrected chi connectivity index (χ3v) is 3.66. The number of nitrogens with one attached hydrogen (secondary N) is 1. The molecule has 2 rings (SSSR count). The van der Waals surface area contributed by atoms with Gasteiger partial charge in [-0.15, -0.1) is 24.0 Å². The van der Waals surface area contributed by atoms with Crippen molar-refractivity contribution in [2.45, 2.75) is 46.7 Å². The average molecular weight is 460 g/mol. The van der Waals surface area contributed by atoms with Crippen LogP contribution in [-0.2, 0) is 20.1 Å². The summed E-state index contributed by atoms with van der Waals surface area (Å²) < 4.78 is 6.97. The lowest BCUT2D eigenvalue weighted by molar-refractivity contribution is 0.390. The van der Waals surface area contributed by atoms with Crippen LogP contribution >= 0.6 is 24.0 Å². The van der Waals surface area contributed by atoms with Crippen LogP contribution < -0.4 is 5.32 Å². The van der Waals surface area contributed by atoms with E-state index in [0.717, 1.165) is 36.2 Å². The first kappa shape index (κ1) is 21.5. The summed E-state index contributed by atoms with van der Waals surface area (Å²) in [5.74, 6) is 2.04. The minimum Gasteiger partial charge on any atom is -0.361 e. The molecule has 0 aliphatic carbocycles. The van der Waals surface area contributed by atoms with E-state index in [0.29, 0.717) is 12.5 Å². The molecule has 0 aliphatic rings. The van der Waals surface area contributed by atoms with Crippen LogP contribution in [0.3, 0.4) is 0 Å². The van der Waals surface area contributed by atoms with Crippen molar-refractivity contribution in [3.63, 3.8) is 0 Å². The zero-order chi connectivity index (χ0) is 17.7. The number of nitrogens with zero attached hydrogens (tertiary/aromatic N) is 5. The molecule has 0 atom stereocenters. The number of hydrogen-bond acceptors (Lipinski definition) is 4. The summed E-state index contributed by atoms with van der Waals surface area (Å²) in [5.41, 5.74) is 3.19. The fourth-order valence-corrected chi connectivity index (χ4v) is 2.61. The van der Waals surface area contributed by atoms with Crippen molar-refractivity contribution in [1.82, 2.24) is 25.2 Å². The van der Waals surface area contributed by atoms with Crippen LogP contribution in [0, 0.1) is 6.92 Å². The van der Waals surface area contributed by atoms with Gasteiger partial charge >= 0.3 is 0 Å². The summed E-state index contributed by atoms with van der Waals surface area (Å²) in [4.78, 5) is 6.77. The van der Waals surface area contributed by atoms with Gasteiger partial charge in [0.05, 0.1) is 12.2 Å². The summed E-state index contributed by atoms with van der Waals surface area (Å²) in [6.45, 7) is 10.3. The first-order valence-electron chi connectivity index (χ1n) is 8.34. The van der Waals surface area contributed by atoms with Gasteiger partial charge in [-0.05, 0) is 19.8 Å². The number of aromatic nitrogens is 3. The van der Waals surface area contributed by atoms with Crippen molar-refractivity contribution in [2.75, 3.05) is 13.6 Å². The summed E-state index contributed by atoms with van der Waals surface area (Å²) in [7, 11) is 3.99. The number of hydrogen-bond donors (Lipinski definition) is 1. The van der Waals surface area contributed by atoms with E-state index in [1.54, 1.807) is 0 Å². The number of aliphatic imine (C=N–C) groups is 1. The normalized spacial score (nSPS) is 11.6. The van der Waals surface area contributed by atoms with Gasteiger partial charge in [0.1, 0.15) is 11.5 Å². The Labute approximate surface area is 166 Å². The molecule has 0 bridgehead atoms. The average Bonchev–Trinajstić information content (AvgIpc) is 3.09. The number of halogens is 1. The smallest absolute Gasteiger partial charge is 0.194 e. The van der Waals surface area contributed by atoms with E-state index in [9.17, 15) is 0 Å². The summed E-state index contributed by atoms with van der Waals surface area (Å²) in [5, 5.41) is 11.9. The zero-order valence-electron chi connectivity index (χ0n) is 15.9. The van der Waals surface area contributed by atoms with Crippen LogP contribution in [0.4, 0.5) is 0 Å². The maximum Gasteiger partial charge on any atom is 0.194 e. The van der Waals surface area contributed by atoms with E-state index >= 15 is 0 Å². The lowest BCUT2D eigenvalue weighted by Crippen LogP contribution is -2.38. The van der Waals surface area contributed by atoms with Gasteiger partial charge in [-0.1, -0.05) is 19.0 Å². The van der Waals surface area contributed by atoms with Crippen LogP contribution in [0.25, 0.3) is 0 Å². The Morgan fingerprint density at radius 3 is 2.72 bits per heavy atom. The molecule has 2 aromatic heterocycles. The second-order valence-corrected chi connectivity index (χ2v) is 6.32. The molecule has 7 nitrogen and oxygen atoms in total. The van der Waals surface area contributed by atoms with Gasteiger partial charge in [0.25, 0.3) is 0 Å². The third-order valence-electron chi connectivity index (χ3n) is 3.66. The molecule has 2 aromatic rings. The van der Waals surface area contributed by atoms with Crippen LogP contribution in [-0.4, -0.2) is 39.4 Å². The van der Waals surface area contributed by atoms with E-state index in [1.165, 1.54) is 5.56 Å². The Hall–Kier alpha value is -1.58. The highest BCUT2D eigenvalue weighted by atomic mass is 127. The Morgan fingerprint density at radius 2 is 2.16 bits per heavy atom. The zero-order valence-corrected chi connectivity index (χ0v) is 18.2. The first-order chi connectivity index (χ1) is 11.4. The fourth-order valence-electron chi connectivity index (χ4n) is 2.61. The Bertz CT molecular complexity index is 691. The van der Waals surface area contributed by atoms with Crippen molar-refractivity contribution < 1.29 is 4.52 Å². The lowest BCUT2D eigenvalue weighted by Gasteiger charge is -2.22. The molecule has 0 unspecified atom stereocenters. The maximum absolute atomic E-state index is 5.09. The molecule has 0 aliphatic heterocycles. The van der Waals surface area contributed by atoms with Gasteiger partial charge < -0.3 is 14.7 Å². The van der Waals surface area contributed by atoms with Crippen molar-refractivity contribution in [3.05, 3.63) is 35.0 Å². The molecule has 0 radical (unpaired) electrons. The predicted molar refractivity (Wildman–Crippen MR) is 110 cm³/mol. The Morgan fingerprint density at radius 1 is 1.44 bits per heavy atom. The monoisotopic (exact) mass is 460 g/mol. The summed E-state index contributed by atoms with van der Waals surface area (Å²) in [6, 6.07) is 1.91. The quantitative estimate of drug-likeness (QED) is 0.408. The largest absolute Gasteiger partial charge is 0.361 e. The molecule has 1 N–H and O–H groups in total. The number of rotatable bonds is 6. The van der Waals surface area contributed by atoms with Crippen LogP contribution in [0.1, 0.15) is 49.4 Å². The van der Waals surface area contributed by atoms with Crippen LogP contribution in [0.2, 0.25) is 0 Å². The highest BCUT2D eigenvalue weighted by Crippen LogP contribution is 2.18. The molecule has 140 valence electrons. The molecule has 0 amide bonds. The van der Waals surface area contributed by atoms with Crippen molar-refractivity contribution in [1.29, 1.82) is 0 Å². The molecule has 8 heteroatoms. The van der Waals surface area contributed by atoms with Crippen LogP contribution in [0.15, 0.2) is 21.8 Å². The van der Waals surface area contributed by atoms with Gasteiger partial charge in [-0.2, -0.15) is 5.10 Å². The molecule has 0 spiro atoms. The minimum absolute atomic E-state index is 0. The molecule has 0 fully saturated rings. The Kier molecular flexibility index (Phi) is 8.40. The summed E-state index contributed by atoms with van der Waals surface area (Å²) >= 11 is 0. The Balaban J connectivity index is 0.00000312. The fraction of sp³-hybridized carbons (Fsp3) is 0.588. The molecule has 0 saturated carbocycles. The molecule has 25 heavy (non-hydrogen) atoms. The van der Waals surface area contributed by atoms with E-state index in [4.69, 9.17) is 4.52 Å². The van der Waals surface area contributed by atoms with E-state index < -0.39 is 0 Å². The highest BCUT2D eigenvalue weighted by Gasteiger charge is 2.15.